The van der Waals surface area contributed by atoms with E-state index in [2.05, 4.69) is 11.9 Å². The number of benzene rings is 2. The van der Waals surface area contributed by atoms with Crippen LogP contribution in [0.5, 0.6) is 0 Å². The molecular weight excluding hydrogens is 544 g/mol. The average molecular weight is 565 g/mol. The lowest BCUT2D eigenvalue weighted by atomic mass is 9.99. The Balaban J connectivity index is 1.66. The summed E-state index contributed by atoms with van der Waals surface area (Å²) < 4.78 is 17.5. The predicted octanol–water partition coefficient (Wildman–Crippen LogP) is 2.29. The van der Waals surface area contributed by atoms with Crippen LogP contribution in [-0.4, -0.2) is 54.5 Å². The number of β-lactam (4-membered cyclic amide) rings is 1. The maximum Gasteiger partial charge on any atom is 0.333 e. The summed E-state index contributed by atoms with van der Waals surface area (Å²) in [6, 6.07) is 7.91. The SMILES string of the molecule is C=C(C)C(C(=O)OCc1ccc([N+](=O)[O-])cc1)N1C(=O)C(NC(=O)Cc2ccc([N+](=O)[O-])cc2)C1[S+]([O-])Cl. The minimum Gasteiger partial charge on any atom is -0.597 e. The summed E-state index contributed by atoms with van der Waals surface area (Å²) in [6.45, 7) is 4.91. The fraction of sp³-hybridized carbons (Fsp3) is 0.261. The van der Waals surface area contributed by atoms with Crippen molar-refractivity contribution in [3.63, 3.8) is 0 Å². The average Bonchev–Trinajstić information content (AvgIpc) is 2.86. The van der Waals surface area contributed by atoms with Gasteiger partial charge in [0.05, 0.1) is 26.7 Å². The van der Waals surface area contributed by atoms with Crippen LogP contribution in [0.15, 0.2) is 60.7 Å². The maximum atomic E-state index is 12.9. The number of esters is 1. The molecule has 1 N–H and O–H groups in total. The Labute approximate surface area is 223 Å². The Bertz CT molecular complexity index is 1270. The van der Waals surface area contributed by atoms with E-state index >= 15 is 0 Å². The quantitative estimate of drug-likeness (QED) is 0.107. The topological polar surface area (TPSA) is 185 Å². The summed E-state index contributed by atoms with van der Waals surface area (Å²) >= 11 is 0. The molecule has 0 spiro atoms. The van der Waals surface area contributed by atoms with Crippen molar-refractivity contribution in [1.29, 1.82) is 0 Å². The van der Waals surface area contributed by atoms with E-state index < -0.39 is 55.5 Å². The van der Waals surface area contributed by atoms with Crippen molar-refractivity contribution < 1.29 is 33.5 Å². The molecule has 1 aliphatic heterocycles. The number of likely N-dealkylation sites (tertiary alicyclic amines) is 1. The van der Waals surface area contributed by atoms with Crippen LogP contribution in [0.3, 0.4) is 0 Å². The lowest BCUT2D eigenvalue weighted by Crippen LogP contribution is -2.75. The third-order valence-corrected chi connectivity index (χ3v) is 7.02. The number of nitro benzene ring substituents is 2. The highest BCUT2D eigenvalue weighted by Gasteiger charge is 2.60. The fourth-order valence-electron chi connectivity index (χ4n) is 3.73. The molecule has 2 aromatic rings. The van der Waals surface area contributed by atoms with Crippen molar-refractivity contribution in [1.82, 2.24) is 10.2 Å². The molecule has 1 saturated heterocycles. The van der Waals surface area contributed by atoms with Crippen LogP contribution in [-0.2, 0) is 42.5 Å². The van der Waals surface area contributed by atoms with Crippen molar-refractivity contribution in [2.75, 3.05) is 0 Å². The summed E-state index contributed by atoms with van der Waals surface area (Å²) in [4.78, 5) is 59.6. The van der Waals surface area contributed by atoms with Gasteiger partial charge in [0.1, 0.15) is 6.61 Å². The van der Waals surface area contributed by atoms with Gasteiger partial charge in [-0.3, -0.25) is 34.7 Å². The highest BCUT2D eigenvalue weighted by molar-refractivity contribution is 8.14. The van der Waals surface area contributed by atoms with Gasteiger partial charge >= 0.3 is 5.97 Å². The van der Waals surface area contributed by atoms with Gasteiger partial charge in [0.15, 0.2) is 22.8 Å². The van der Waals surface area contributed by atoms with E-state index in [0.717, 1.165) is 4.90 Å². The standard InChI is InChI=1S/C23H21ClN4O9S/c1-13(2)20(23(31)37-12-15-5-9-17(10-6-15)28(34)35)26-21(30)19(22(26)38(24)36)25-18(29)11-14-3-7-16(8-4-14)27(32)33/h3-10,19-20,22H,1,11-12H2,2H3,(H,25,29). The number of nitrogens with zero attached hydrogens (tertiary/aromatic N) is 3. The Hall–Kier alpha value is -4.01. The van der Waals surface area contributed by atoms with Crippen LogP contribution in [0.2, 0.25) is 0 Å². The predicted molar refractivity (Wildman–Crippen MR) is 135 cm³/mol. The second-order valence-corrected chi connectivity index (χ2v) is 10.2. The number of carbonyl (C=O) groups is 3. The van der Waals surface area contributed by atoms with Crippen molar-refractivity contribution in [3.8, 4) is 0 Å². The molecule has 4 unspecified atom stereocenters. The Morgan fingerprint density at radius 2 is 1.58 bits per heavy atom. The van der Waals surface area contributed by atoms with E-state index in [9.17, 15) is 39.2 Å². The zero-order valence-corrected chi connectivity index (χ0v) is 21.3. The van der Waals surface area contributed by atoms with Crippen molar-refractivity contribution in [2.45, 2.75) is 37.4 Å². The molecule has 38 heavy (non-hydrogen) atoms. The zero-order valence-electron chi connectivity index (χ0n) is 19.8. The monoisotopic (exact) mass is 564 g/mol. The first-order valence-corrected chi connectivity index (χ1v) is 12.9. The fourth-order valence-corrected chi connectivity index (χ4v) is 5.10. The highest BCUT2D eigenvalue weighted by atomic mass is 35.7. The molecule has 13 nitrogen and oxygen atoms in total. The first-order valence-electron chi connectivity index (χ1n) is 10.9. The van der Waals surface area contributed by atoms with Gasteiger partial charge in [-0.15, -0.1) is 0 Å². The summed E-state index contributed by atoms with van der Waals surface area (Å²) in [5, 5.41) is 22.7. The number of nitro groups is 2. The second-order valence-electron chi connectivity index (χ2n) is 8.31. The van der Waals surface area contributed by atoms with Gasteiger partial charge < -0.3 is 14.6 Å². The summed E-state index contributed by atoms with van der Waals surface area (Å²) in [5.74, 6) is -2.26. The zero-order chi connectivity index (χ0) is 28.1. The van der Waals surface area contributed by atoms with E-state index in [-0.39, 0.29) is 30.0 Å². The van der Waals surface area contributed by atoms with Gasteiger partial charge in [-0.25, -0.2) is 4.79 Å². The first kappa shape index (κ1) is 28.6. The molecule has 1 aliphatic rings. The number of nitrogens with one attached hydrogen (secondary N) is 1. The maximum absolute atomic E-state index is 12.9. The number of ether oxygens (including phenoxy) is 1. The molecule has 2 aromatic carbocycles. The molecule has 4 atom stereocenters. The van der Waals surface area contributed by atoms with Gasteiger partial charge in [0.2, 0.25) is 11.3 Å². The molecule has 1 heterocycles. The number of hydrogen-bond acceptors (Lipinski definition) is 9. The third kappa shape index (κ3) is 6.45. The molecule has 0 bridgehead atoms. The van der Waals surface area contributed by atoms with Crippen molar-refractivity contribution >= 4 is 50.2 Å². The van der Waals surface area contributed by atoms with E-state index in [4.69, 9.17) is 15.4 Å². The van der Waals surface area contributed by atoms with Gasteiger partial charge in [0, 0.05) is 24.3 Å². The smallest absolute Gasteiger partial charge is 0.333 e. The lowest BCUT2D eigenvalue weighted by molar-refractivity contribution is -0.385. The molecule has 0 radical (unpaired) electrons. The number of rotatable bonds is 11. The molecule has 0 saturated carbocycles. The van der Waals surface area contributed by atoms with Gasteiger partial charge in [-0.2, -0.15) is 0 Å². The molecule has 15 heteroatoms. The van der Waals surface area contributed by atoms with Crippen LogP contribution in [0.25, 0.3) is 0 Å². The molecular formula is C23H21ClN4O9S. The number of halogens is 1. The van der Waals surface area contributed by atoms with Crippen LogP contribution >= 0.6 is 10.7 Å². The Morgan fingerprint density at radius 1 is 1.08 bits per heavy atom. The van der Waals surface area contributed by atoms with Crippen LogP contribution in [0, 0.1) is 20.2 Å². The molecule has 1 fully saturated rings. The van der Waals surface area contributed by atoms with E-state index in [1.165, 1.54) is 55.5 Å². The largest absolute Gasteiger partial charge is 0.597 e. The van der Waals surface area contributed by atoms with Crippen molar-refractivity contribution in [3.05, 3.63) is 92.0 Å². The second kappa shape index (κ2) is 12.0. The van der Waals surface area contributed by atoms with Crippen LogP contribution in [0.1, 0.15) is 18.1 Å². The molecule has 2 amide bonds. The number of amides is 2. The summed E-state index contributed by atoms with van der Waals surface area (Å²) in [5.41, 5.74) is 0.793. The number of hydrogen-bond donors (Lipinski definition) is 1. The molecule has 200 valence electrons. The minimum atomic E-state index is -2.20. The normalized spacial score (nSPS) is 18.1. The number of non-ortho nitro benzene ring substituents is 2. The molecule has 0 aliphatic carbocycles. The third-order valence-electron chi connectivity index (χ3n) is 5.59. The first-order chi connectivity index (χ1) is 17.9. The Morgan fingerprint density at radius 3 is 2.03 bits per heavy atom. The molecule has 3 rings (SSSR count). The van der Waals surface area contributed by atoms with E-state index in [1.54, 1.807) is 0 Å². The van der Waals surface area contributed by atoms with Crippen LogP contribution in [0.4, 0.5) is 11.4 Å². The van der Waals surface area contributed by atoms with Gasteiger partial charge in [-0.05, 0) is 35.8 Å². The highest BCUT2D eigenvalue weighted by Crippen LogP contribution is 2.33. The van der Waals surface area contributed by atoms with E-state index in [1.807, 2.05) is 0 Å². The summed E-state index contributed by atoms with van der Waals surface area (Å²) in [7, 11) is 3.62. The van der Waals surface area contributed by atoms with Gasteiger partial charge in [0.25, 0.3) is 17.3 Å². The van der Waals surface area contributed by atoms with E-state index in [0.29, 0.717) is 11.1 Å². The number of carbonyl (C=O) groups excluding carboxylic acids is 3. The Kier molecular flexibility index (Phi) is 9.04. The molecule has 0 aromatic heterocycles. The van der Waals surface area contributed by atoms with Crippen LogP contribution < -0.4 is 5.32 Å². The van der Waals surface area contributed by atoms with Crippen molar-refractivity contribution in [2.24, 2.45) is 0 Å². The summed E-state index contributed by atoms with van der Waals surface area (Å²) in [6.07, 6.45) is -0.218. The minimum absolute atomic E-state index is 0.139. The lowest BCUT2D eigenvalue weighted by Gasteiger charge is -2.47. The van der Waals surface area contributed by atoms with Gasteiger partial charge in [-0.1, -0.05) is 18.7 Å².